The van der Waals surface area contributed by atoms with Crippen LogP contribution in [0.2, 0.25) is 5.02 Å². The molecule has 2 nitrogen and oxygen atoms in total. The first-order chi connectivity index (χ1) is 8.15. The first-order valence-corrected chi connectivity index (χ1v) is 6.37. The van der Waals surface area contributed by atoms with Crippen LogP contribution in [0, 0.1) is 5.82 Å². The number of aliphatic hydroxyl groups excluding tert-OH is 1. The fourth-order valence-electron chi connectivity index (χ4n) is 2.13. The Morgan fingerprint density at radius 1 is 1.35 bits per heavy atom. The first kappa shape index (κ1) is 12.8. The van der Waals surface area contributed by atoms with E-state index in [1.165, 1.54) is 6.07 Å². The molecule has 0 bridgehead atoms. The molecule has 0 aliphatic carbocycles. The van der Waals surface area contributed by atoms with Gasteiger partial charge in [-0.1, -0.05) is 17.7 Å². The zero-order valence-corrected chi connectivity index (χ0v) is 10.5. The highest BCUT2D eigenvalue weighted by molar-refractivity contribution is 6.30. The number of halogens is 2. The lowest BCUT2D eigenvalue weighted by molar-refractivity contribution is 0.0832. The average molecular weight is 258 g/mol. The van der Waals surface area contributed by atoms with Crippen LogP contribution in [0.15, 0.2) is 18.2 Å². The summed E-state index contributed by atoms with van der Waals surface area (Å²) in [5.74, 6) is -0.364. The van der Waals surface area contributed by atoms with Gasteiger partial charge in [-0.3, -0.25) is 0 Å². The van der Waals surface area contributed by atoms with E-state index < -0.39 is 0 Å². The van der Waals surface area contributed by atoms with Crippen LogP contribution in [-0.2, 0) is 6.42 Å². The number of nitrogens with zero attached hydrogens (tertiary/aromatic N) is 1. The van der Waals surface area contributed by atoms with E-state index in [2.05, 4.69) is 4.90 Å². The average Bonchev–Trinajstić information content (AvgIpc) is 2.33. The summed E-state index contributed by atoms with van der Waals surface area (Å²) in [7, 11) is 0. The highest BCUT2D eigenvalue weighted by Gasteiger charge is 2.16. The number of hydrogen-bond acceptors (Lipinski definition) is 2. The molecule has 2 rings (SSSR count). The molecule has 1 N–H and O–H groups in total. The summed E-state index contributed by atoms with van der Waals surface area (Å²) in [4.78, 5) is 2.32. The zero-order chi connectivity index (χ0) is 12.3. The molecule has 1 aromatic rings. The number of benzene rings is 1. The predicted molar refractivity (Wildman–Crippen MR) is 66.8 cm³/mol. The lowest BCUT2D eigenvalue weighted by atomic mass is 10.1. The second-order valence-electron chi connectivity index (χ2n) is 4.57. The fourth-order valence-corrected chi connectivity index (χ4v) is 2.33. The maximum absolute atomic E-state index is 13.0. The number of hydrogen-bond donors (Lipinski definition) is 1. The molecule has 0 saturated carbocycles. The maximum Gasteiger partial charge on any atom is 0.141 e. The summed E-state index contributed by atoms with van der Waals surface area (Å²) in [6.07, 6.45) is 2.44. The summed E-state index contributed by atoms with van der Waals surface area (Å²) in [5.41, 5.74) is 1.06. The molecule has 0 spiro atoms. The van der Waals surface area contributed by atoms with Crippen LogP contribution in [0.4, 0.5) is 4.39 Å². The second kappa shape index (κ2) is 5.80. The third-order valence-corrected chi connectivity index (χ3v) is 3.55. The molecule has 0 atom stereocenters. The topological polar surface area (TPSA) is 23.5 Å². The Bertz CT molecular complexity index is 378. The van der Waals surface area contributed by atoms with Crippen LogP contribution in [0.3, 0.4) is 0 Å². The van der Waals surface area contributed by atoms with Crippen molar-refractivity contribution in [3.63, 3.8) is 0 Å². The largest absolute Gasteiger partial charge is 0.393 e. The molecule has 0 aromatic heterocycles. The minimum Gasteiger partial charge on any atom is -0.393 e. The van der Waals surface area contributed by atoms with Crippen LogP contribution in [0.25, 0.3) is 0 Å². The fraction of sp³-hybridized carbons (Fsp3) is 0.538. The molecule has 0 radical (unpaired) electrons. The second-order valence-corrected chi connectivity index (χ2v) is 4.98. The van der Waals surface area contributed by atoms with E-state index in [9.17, 15) is 9.50 Å². The summed E-state index contributed by atoms with van der Waals surface area (Å²) in [6, 6.07) is 4.88. The van der Waals surface area contributed by atoms with Gasteiger partial charge in [0.15, 0.2) is 0 Å². The Kier molecular flexibility index (Phi) is 4.37. The Morgan fingerprint density at radius 2 is 2.06 bits per heavy atom. The van der Waals surface area contributed by atoms with Crippen molar-refractivity contribution >= 4 is 11.6 Å². The summed E-state index contributed by atoms with van der Waals surface area (Å²) < 4.78 is 13.0. The predicted octanol–water partition coefficient (Wildman–Crippen LogP) is 2.48. The molecule has 17 heavy (non-hydrogen) atoms. The van der Waals surface area contributed by atoms with Crippen molar-refractivity contribution in [2.24, 2.45) is 0 Å². The van der Waals surface area contributed by atoms with E-state index in [4.69, 9.17) is 11.6 Å². The standard InChI is InChI=1S/C13H17ClFNO/c14-12-9-10(1-2-13(12)15)3-6-16-7-4-11(17)5-8-16/h1-2,9,11,17H,3-8H2. The van der Waals surface area contributed by atoms with Crippen molar-refractivity contribution in [3.05, 3.63) is 34.6 Å². The molecule has 1 saturated heterocycles. The smallest absolute Gasteiger partial charge is 0.141 e. The summed E-state index contributed by atoms with van der Waals surface area (Å²) >= 11 is 5.73. The van der Waals surface area contributed by atoms with Crippen molar-refractivity contribution in [1.82, 2.24) is 4.90 Å². The van der Waals surface area contributed by atoms with Crippen molar-refractivity contribution in [2.45, 2.75) is 25.4 Å². The SMILES string of the molecule is OC1CCN(CCc2ccc(F)c(Cl)c2)CC1. The molecule has 1 aliphatic heterocycles. The highest BCUT2D eigenvalue weighted by atomic mass is 35.5. The van der Waals surface area contributed by atoms with E-state index >= 15 is 0 Å². The van der Waals surface area contributed by atoms with Gasteiger partial charge in [-0.05, 0) is 37.0 Å². The highest BCUT2D eigenvalue weighted by Crippen LogP contribution is 2.17. The van der Waals surface area contributed by atoms with E-state index in [0.717, 1.165) is 44.5 Å². The molecular weight excluding hydrogens is 241 g/mol. The Hall–Kier alpha value is -0.640. The van der Waals surface area contributed by atoms with Gasteiger partial charge in [0.05, 0.1) is 11.1 Å². The molecule has 0 amide bonds. The summed E-state index contributed by atoms with van der Waals surface area (Å²) in [5, 5.41) is 9.58. The van der Waals surface area contributed by atoms with Gasteiger partial charge in [0.2, 0.25) is 0 Å². The lowest BCUT2D eigenvalue weighted by Crippen LogP contribution is -2.37. The molecule has 4 heteroatoms. The number of likely N-dealkylation sites (tertiary alicyclic amines) is 1. The van der Waals surface area contributed by atoms with Gasteiger partial charge >= 0.3 is 0 Å². The zero-order valence-electron chi connectivity index (χ0n) is 9.70. The van der Waals surface area contributed by atoms with Crippen molar-refractivity contribution < 1.29 is 9.50 Å². The maximum atomic E-state index is 13.0. The first-order valence-electron chi connectivity index (χ1n) is 5.99. The van der Waals surface area contributed by atoms with Crippen LogP contribution >= 0.6 is 11.6 Å². The van der Waals surface area contributed by atoms with Gasteiger partial charge in [-0.2, -0.15) is 0 Å². The Balaban J connectivity index is 1.83. The van der Waals surface area contributed by atoms with Crippen molar-refractivity contribution in [2.75, 3.05) is 19.6 Å². The minimum atomic E-state index is -0.364. The normalized spacial score (nSPS) is 18.5. The monoisotopic (exact) mass is 257 g/mol. The third-order valence-electron chi connectivity index (χ3n) is 3.26. The lowest BCUT2D eigenvalue weighted by Gasteiger charge is -2.29. The van der Waals surface area contributed by atoms with Crippen LogP contribution in [-0.4, -0.2) is 35.7 Å². The number of rotatable bonds is 3. The van der Waals surface area contributed by atoms with Gasteiger partial charge in [-0.25, -0.2) is 4.39 Å². The van der Waals surface area contributed by atoms with E-state index in [1.807, 2.05) is 0 Å². The van der Waals surface area contributed by atoms with Crippen molar-refractivity contribution in [3.8, 4) is 0 Å². The van der Waals surface area contributed by atoms with Gasteiger partial charge in [0, 0.05) is 19.6 Å². The van der Waals surface area contributed by atoms with E-state index in [0.29, 0.717) is 0 Å². The molecule has 1 aromatic carbocycles. The molecule has 94 valence electrons. The van der Waals surface area contributed by atoms with Gasteiger partial charge in [0.1, 0.15) is 5.82 Å². The quantitative estimate of drug-likeness (QED) is 0.899. The van der Waals surface area contributed by atoms with E-state index in [-0.39, 0.29) is 16.9 Å². The van der Waals surface area contributed by atoms with Crippen LogP contribution < -0.4 is 0 Å². The van der Waals surface area contributed by atoms with Gasteiger partial charge in [-0.15, -0.1) is 0 Å². The Morgan fingerprint density at radius 3 is 2.71 bits per heavy atom. The summed E-state index contributed by atoms with van der Waals surface area (Å²) in [6.45, 7) is 2.82. The van der Waals surface area contributed by atoms with Gasteiger partial charge in [0.25, 0.3) is 0 Å². The molecule has 1 aliphatic rings. The van der Waals surface area contributed by atoms with E-state index in [1.54, 1.807) is 12.1 Å². The molecular formula is C13H17ClFNO. The number of aliphatic hydroxyl groups is 1. The van der Waals surface area contributed by atoms with Gasteiger partial charge < -0.3 is 10.0 Å². The molecule has 0 unspecified atom stereocenters. The number of piperidine rings is 1. The van der Waals surface area contributed by atoms with Crippen LogP contribution in [0.1, 0.15) is 18.4 Å². The molecule has 1 fully saturated rings. The molecule has 1 heterocycles. The minimum absolute atomic E-state index is 0.133. The third kappa shape index (κ3) is 3.66. The van der Waals surface area contributed by atoms with Crippen molar-refractivity contribution in [1.29, 1.82) is 0 Å². The van der Waals surface area contributed by atoms with Crippen LogP contribution in [0.5, 0.6) is 0 Å². The Labute approximate surface area is 106 Å².